The number of rotatable bonds is 2. The lowest BCUT2D eigenvalue weighted by Gasteiger charge is -1.99. The van der Waals surface area contributed by atoms with E-state index >= 15 is 0 Å². The summed E-state index contributed by atoms with van der Waals surface area (Å²) in [6.07, 6.45) is 3.03. The molecule has 0 aliphatic carbocycles. The lowest BCUT2D eigenvalue weighted by Crippen LogP contribution is -1.80. The first-order valence-corrected chi connectivity index (χ1v) is 3.54. The number of benzene rings is 1. The number of allylic oxidation sites excluding steroid dienone is 1. The largest absolute Gasteiger partial charge is 0.516 e. The van der Waals surface area contributed by atoms with E-state index in [0.29, 0.717) is 6.42 Å². The van der Waals surface area contributed by atoms with E-state index in [-0.39, 0.29) is 11.5 Å². The molecule has 1 rings (SSSR count). The Morgan fingerprint density at radius 3 is 2.50 bits per heavy atom. The van der Waals surface area contributed by atoms with E-state index in [9.17, 15) is 0 Å². The first-order chi connectivity index (χ1) is 5.74. The summed E-state index contributed by atoms with van der Waals surface area (Å²) in [6, 6.07) is 4.54. The summed E-state index contributed by atoms with van der Waals surface area (Å²) in [7, 11) is 0. The fraction of sp³-hybridized carbons (Fsp3) is 0.111. The maximum Gasteiger partial charge on any atom is 0.157 e. The molecule has 0 aromatic heterocycles. The van der Waals surface area contributed by atoms with Crippen molar-refractivity contribution in [3.8, 4) is 11.5 Å². The van der Waals surface area contributed by atoms with Crippen molar-refractivity contribution in [1.29, 1.82) is 0 Å². The normalized spacial score (nSPS) is 10.7. The van der Waals surface area contributed by atoms with Gasteiger partial charge in [-0.05, 0) is 30.2 Å². The van der Waals surface area contributed by atoms with Gasteiger partial charge in [0.2, 0.25) is 0 Å². The molecule has 3 nitrogen and oxygen atoms in total. The zero-order chi connectivity index (χ0) is 8.97. The second kappa shape index (κ2) is 3.67. The minimum absolute atomic E-state index is 0.133. The fourth-order valence-corrected chi connectivity index (χ4v) is 0.885. The van der Waals surface area contributed by atoms with Crippen LogP contribution in [0.5, 0.6) is 11.5 Å². The molecule has 1 aromatic carbocycles. The van der Waals surface area contributed by atoms with Crippen LogP contribution in [0.4, 0.5) is 0 Å². The van der Waals surface area contributed by atoms with Crippen LogP contribution in [0, 0.1) is 0 Å². The SMILES string of the molecule is O/C=C/Cc1ccc(O)c(O)c1. The molecule has 0 aliphatic heterocycles. The molecular formula is C9H10O3. The molecule has 0 aliphatic rings. The number of phenolic OH excluding ortho intramolecular Hbond substituents is 2. The van der Waals surface area contributed by atoms with Crippen molar-refractivity contribution in [3.63, 3.8) is 0 Å². The number of aromatic hydroxyl groups is 2. The first-order valence-electron chi connectivity index (χ1n) is 3.54. The molecule has 3 N–H and O–H groups in total. The van der Waals surface area contributed by atoms with Crippen LogP contribution in [0.2, 0.25) is 0 Å². The Morgan fingerprint density at radius 1 is 1.17 bits per heavy atom. The van der Waals surface area contributed by atoms with E-state index in [0.717, 1.165) is 11.8 Å². The van der Waals surface area contributed by atoms with E-state index in [1.165, 1.54) is 12.1 Å². The van der Waals surface area contributed by atoms with Crippen molar-refractivity contribution in [1.82, 2.24) is 0 Å². The van der Waals surface area contributed by atoms with Crippen molar-refractivity contribution in [3.05, 3.63) is 36.1 Å². The topological polar surface area (TPSA) is 60.7 Å². The third-order valence-electron chi connectivity index (χ3n) is 1.50. The van der Waals surface area contributed by atoms with Crippen molar-refractivity contribution in [2.75, 3.05) is 0 Å². The summed E-state index contributed by atoms with van der Waals surface area (Å²) in [5.41, 5.74) is 0.829. The number of hydrogen-bond donors (Lipinski definition) is 3. The van der Waals surface area contributed by atoms with Crippen LogP contribution in [-0.4, -0.2) is 15.3 Å². The highest BCUT2D eigenvalue weighted by Crippen LogP contribution is 2.24. The summed E-state index contributed by atoms with van der Waals surface area (Å²) < 4.78 is 0. The molecule has 0 atom stereocenters. The van der Waals surface area contributed by atoms with Gasteiger partial charge in [-0.1, -0.05) is 6.07 Å². The average molecular weight is 166 g/mol. The lowest BCUT2D eigenvalue weighted by molar-refractivity contribution is 0.403. The highest BCUT2D eigenvalue weighted by Gasteiger charge is 1.98. The Balaban J connectivity index is 2.82. The molecule has 0 spiro atoms. The van der Waals surface area contributed by atoms with Crippen molar-refractivity contribution < 1.29 is 15.3 Å². The van der Waals surface area contributed by atoms with E-state index in [1.807, 2.05) is 0 Å². The standard InChI is InChI=1S/C9H10O3/c10-5-1-2-7-3-4-8(11)9(12)6-7/h1,3-6,10-12H,2H2/b5-1+. The zero-order valence-corrected chi connectivity index (χ0v) is 6.44. The Labute approximate surface area is 70.2 Å². The van der Waals surface area contributed by atoms with E-state index < -0.39 is 0 Å². The minimum atomic E-state index is -0.140. The number of aliphatic hydroxyl groups excluding tert-OH is 1. The van der Waals surface area contributed by atoms with E-state index in [2.05, 4.69) is 0 Å². The summed E-state index contributed by atoms with van der Waals surface area (Å²) in [4.78, 5) is 0. The number of hydrogen-bond acceptors (Lipinski definition) is 3. The number of phenols is 2. The van der Waals surface area contributed by atoms with E-state index in [4.69, 9.17) is 15.3 Å². The van der Waals surface area contributed by atoms with Gasteiger partial charge in [0.05, 0.1) is 6.26 Å². The molecule has 1 aromatic rings. The van der Waals surface area contributed by atoms with Gasteiger partial charge in [-0.15, -0.1) is 0 Å². The maximum atomic E-state index is 9.06. The zero-order valence-electron chi connectivity index (χ0n) is 6.44. The van der Waals surface area contributed by atoms with Crippen molar-refractivity contribution >= 4 is 0 Å². The summed E-state index contributed by atoms with van der Waals surface area (Å²) in [5.74, 6) is -0.273. The molecule has 0 saturated carbocycles. The molecule has 0 unspecified atom stereocenters. The van der Waals surface area contributed by atoms with Crippen molar-refractivity contribution in [2.45, 2.75) is 6.42 Å². The van der Waals surface area contributed by atoms with Crippen LogP contribution in [0.1, 0.15) is 5.56 Å². The molecule has 0 radical (unpaired) electrons. The highest BCUT2D eigenvalue weighted by molar-refractivity contribution is 5.40. The van der Waals surface area contributed by atoms with Gasteiger partial charge in [-0.2, -0.15) is 0 Å². The third-order valence-corrected chi connectivity index (χ3v) is 1.50. The van der Waals surface area contributed by atoms with Crippen LogP contribution in [-0.2, 0) is 6.42 Å². The van der Waals surface area contributed by atoms with Crippen LogP contribution in [0.3, 0.4) is 0 Å². The van der Waals surface area contributed by atoms with Gasteiger partial charge in [-0.3, -0.25) is 0 Å². The van der Waals surface area contributed by atoms with Crippen LogP contribution in [0.15, 0.2) is 30.5 Å². The fourth-order valence-electron chi connectivity index (χ4n) is 0.885. The smallest absolute Gasteiger partial charge is 0.157 e. The Kier molecular flexibility index (Phi) is 2.58. The van der Waals surface area contributed by atoms with Gasteiger partial charge in [-0.25, -0.2) is 0 Å². The molecule has 0 bridgehead atoms. The summed E-state index contributed by atoms with van der Waals surface area (Å²) in [5, 5.41) is 26.4. The third kappa shape index (κ3) is 1.92. The molecule has 0 heterocycles. The molecule has 0 amide bonds. The first kappa shape index (κ1) is 8.46. The summed E-state index contributed by atoms with van der Waals surface area (Å²) >= 11 is 0. The van der Waals surface area contributed by atoms with E-state index in [1.54, 1.807) is 12.1 Å². The average Bonchev–Trinajstić information content (AvgIpc) is 2.07. The lowest BCUT2D eigenvalue weighted by atomic mass is 10.1. The van der Waals surface area contributed by atoms with Gasteiger partial charge in [0.1, 0.15) is 0 Å². The monoisotopic (exact) mass is 166 g/mol. The van der Waals surface area contributed by atoms with Crippen LogP contribution in [0.25, 0.3) is 0 Å². The Bertz CT molecular complexity index is 292. The molecule has 0 fully saturated rings. The molecular weight excluding hydrogens is 156 g/mol. The Morgan fingerprint density at radius 2 is 1.92 bits per heavy atom. The van der Waals surface area contributed by atoms with Gasteiger partial charge < -0.3 is 15.3 Å². The van der Waals surface area contributed by atoms with Gasteiger partial charge >= 0.3 is 0 Å². The van der Waals surface area contributed by atoms with Crippen LogP contribution >= 0.6 is 0 Å². The quantitative estimate of drug-likeness (QED) is 0.463. The van der Waals surface area contributed by atoms with Gasteiger partial charge in [0.25, 0.3) is 0 Å². The van der Waals surface area contributed by atoms with Gasteiger partial charge in [0, 0.05) is 0 Å². The molecule has 0 saturated heterocycles. The second-order valence-electron chi connectivity index (χ2n) is 2.41. The summed E-state index contributed by atoms with van der Waals surface area (Å²) in [6.45, 7) is 0. The van der Waals surface area contributed by atoms with Gasteiger partial charge in [0.15, 0.2) is 11.5 Å². The predicted molar refractivity (Wildman–Crippen MR) is 45.2 cm³/mol. The highest BCUT2D eigenvalue weighted by atomic mass is 16.3. The Hall–Kier alpha value is -1.64. The van der Waals surface area contributed by atoms with Crippen LogP contribution < -0.4 is 0 Å². The second-order valence-corrected chi connectivity index (χ2v) is 2.41. The minimum Gasteiger partial charge on any atom is -0.516 e. The maximum absolute atomic E-state index is 9.06. The number of aliphatic hydroxyl groups is 1. The molecule has 64 valence electrons. The molecule has 3 heteroatoms. The predicted octanol–water partition coefficient (Wildman–Crippen LogP) is 1.71. The molecule has 12 heavy (non-hydrogen) atoms. The van der Waals surface area contributed by atoms with Crippen molar-refractivity contribution in [2.24, 2.45) is 0 Å².